The van der Waals surface area contributed by atoms with E-state index >= 15 is 0 Å². The summed E-state index contributed by atoms with van der Waals surface area (Å²) < 4.78 is 26.2. The second kappa shape index (κ2) is 31.9. The van der Waals surface area contributed by atoms with E-state index in [2.05, 4.69) is 37.4 Å². The van der Waals surface area contributed by atoms with Gasteiger partial charge in [0.25, 0.3) is 0 Å². The van der Waals surface area contributed by atoms with Crippen molar-refractivity contribution in [2.24, 2.45) is 5.92 Å². The monoisotopic (exact) mass is 696 g/mol. The lowest BCUT2D eigenvalue weighted by molar-refractivity contribution is -0.161. The third-order valence-corrected chi connectivity index (χ3v) is 7.79. The molecule has 276 valence electrons. The summed E-state index contributed by atoms with van der Waals surface area (Å²) in [5, 5.41) is 9.95. The molecule has 0 bridgehead atoms. The van der Waals surface area contributed by atoms with E-state index in [9.17, 15) is 19.3 Å². The van der Waals surface area contributed by atoms with E-state index in [-0.39, 0.29) is 19.4 Å². The maximum absolute atomic E-state index is 12.3. The molecular formula is C38H65O9P. The van der Waals surface area contributed by atoms with E-state index < -0.39 is 38.6 Å². The molecule has 0 rings (SSSR count). The van der Waals surface area contributed by atoms with Crippen molar-refractivity contribution >= 4 is 19.8 Å². The van der Waals surface area contributed by atoms with Gasteiger partial charge in [0.1, 0.15) is 6.61 Å². The van der Waals surface area contributed by atoms with Crippen molar-refractivity contribution in [1.82, 2.24) is 0 Å². The Bertz CT molecular complexity index is 994. The fourth-order valence-corrected chi connectivity index (χ4v) is 4.98. The highest BCUT2D eigenvalue weighted by Gasteiger charge is 2.22. The molecule has 0 aromatic heterocycles. The van der Waals surface area contributed by atoms with Gasteiger partial charge in [-0.25, -0.2) is 4.57 Å². The zero-order valence-corrected chi connectivity index (χ0v) is 30.8. The molecule has 0 saturated heterocycles. The second-order valence-electron chi connectivity index (χ2n) is 12.5. The lowest BCUT2D eigenvalue weighted by Gasteiger charge is -2.18. The summed E-state index contributed by atoms with van der Waals surface area (Å²) in [4.78, 5) is 42.6. The molecule has 0 aromatic rings. The van der Waals surface area contributed by atoms with Crippen molar-refractivity contribution in [1.29, 1.82) is 0 Å². The number of ether oxygens (including phenoxy) is 2. The summed E-state index contributed by atoms with van der Waals surface area (Å²) in [5.74, 6) is -0.225. The number of rotatable bonds is 31. The second-order valence-corrected chi connectivity index (χ2v) is 13.7. The molecule has 0 aliphatic heterocycles. The number of phosphoric acid groups is 1. The Morgan fingerprint density at radius 3 is 1.98 bits per heavy atom. The highest BCUT2D eigenvalue weighted by atomic mass is 31.2. The average Bonchev–Trinajstić information content (AvgIpc) is 3.03. The smallest absolute Gasteiger partial charge is 0.462 e. The van der Waals surface area contributed by atoms with E-state index in [1.165, 1.54) is 38.5 Å². The summed E-state index contributed by atoms with van der Waals surface area (Å²) >= 11 is 0. The minimum absolute atomic E-state index is 0.155. The molecule has 0 fully saturated rings. The van der Waals surface area contributed by atoms with Crippen LogP contribution in [0.15, 0.2) is 60.8 Å². The molecule has 1 unspecified atom stereocenters. The van der Waals surface area contributed by atoms with Gasteiger partial charge in [-0.05, 0) is 50.9 Å². The van der Waals surface area contributed by atoms with Crippen LogP contribution in [0.2, 0.25) is 0 Å². The molecule has 9 nitrogen and oxygen atoms in total. The Balaban J connectivity index is 4.18. The van der Waals surface area contributed by atoms with Crippen LogP contribution in [-0.4, -0.2) is 52.3 Å². The minimum Gasteiger partial charge on any atom is -0.462 e. The van der Waals surface area contributed by atoms with Gasteiger partial charge < -0.3 is 24.4 Å². The minimum atomic E-state index is -4.78. The Morgan fingerprint density at radius 2 is 1.31 bits per heavy atom. The molecule has 10 heteroatoms. The number of carbonyl (C=O) groups excluding carboxylic acids is 2. The first-order valence-electron chi connectivity index (χ1n) is 18.0. The fourth-order valence-electron chi connectivity index (χ4n) is 4.62. The number of esters is 2. The number of carbonyl (C=O) groups is 2. The molecule has 0 aliphatic carbocycles. The predicted molar refractivity (Wildman–Crippen MR) is 194 cm³/mol. The summed E-state index contributed by atoms with van der Waals surface area (Å²) in [7, 11) is -4.78. The Hall–Kier alpha value is -2.29. The van der Waals surface area contributed by atoms with Crippen molar-refractivity contribution in [3.63, 3.8) is 0 Å². The van der Waals surface area contributed by atoms with Crippen LogP contribution in [0.3, 0.4) is 0 Å². The van der Waals surface area contributed by atoms with Gasteiger partial charge in [-0.2, -0.15) is 0 Å². The van der Waals surface area contributed by atoms with Crippen LogP contribution < -0.4 is 0 Å². The average molecular weight is 697 g/mol. The topological polar surface area (TPSA) is 140 Å². The number of aliphatic hydroxyl groups is 1. The lowest BCUT2D eigenvalue weighted by Crippen LogP contribution is -2.29. The quantitative estimate of drug-likeness (QED) is 0.0213. The third-order valence-electron chi connectivity index (χ3n) is 7.31. The van der Waals surface area contributed by atoms with Gasteiger partial charge in [-0.15, -0.1) is 0 Å². The van der Waals surface area contributed by atoms with Crippen LogP contribution in [-0.2, 0) is 28.2 Å². The molecular weight excluding hydrogens is 631 g/mol. The zero-order valence-electron chi connectivity index (χ0n) is 29.9. The normalized spacial score (nSPS) is 14.0. The lowest BCUT2D eigenvalue weighted by atomic mass is 10.0. The largest absolute Gasteiger partial charge is 0.469 e. The first-order valence-corrected chi connectivity index (χ1v) is 19.6. The van der Waals surface area contributed by atoms with Crippen LogP contribution in [0.25, 0.3) is 0 Å². The molecule has 0 aromatic carbocycles. The highest BCUT2D eigenvalue weighted by Crippen LogP contribution is 2.36. The zero-order chi connectivity index (χ0) is 35.7. The van der Waals surface area contributed by atoms with Crippen molar-refractivity contribution in [3.8, 4) is 0 Å². The standard InChI is InChI=1S/C38H65O9P/c1-4-5-6-7-18-23-28-35(39)29-24-19-14-11-12-15-20-25-30-37(40)45-32-36(33-46-48(42,43)44)47-38(41)31-26-21-16-10-8-9-13-17-22-27-34(2)3/h5-6,12,14-15,18-19,23-24,29,34-36,39H,4,7-11,13,16-17,20-22,25-28,30-33H2,1-3H3,(H2,42,43,44)/b6-5-,15-12-,19-14-,23-18-,29-24+/t35?,36-/m1/s1. The SMILES string of the molecule is CC/C=C\C/C=C\CC(O)/C=C/C=C\C/C=C\CCCC(=O)OC[C@H](COP(=O)(O)O)OC(=O)CCCCCCCCCCCC(C)C. The van der Waals surface area contributed by atoms with Gasteiger partial charge in [0.2, 0.25) is 0 Å². The van der Waals surface area contributed by atoms with Crippen molar-refractivity contribution < 1.29 is 43.0 Å². The molecule has 0 heterocycles. The number of phosphoric ester groups is 1. The number of hydrogen-bond acceptors (Lipinski definition) is 7. The van der Waals surface area contributed by atoms with E-state index in [4.69, 9.17) is 19.3 Å². The highest BCUT2D eigenvalue weighted by molar-refractivity contribution is 7.46. The molecule has 0 spiro atoms. The number of unbranched alkanes of at least 4 members (excludes halogenated alkanes) is 9. The van der Waals surface area contributed by atoms with Crippen LogP contribution in [0, 0.1) is 5.92 Å². The van der Waals surface area contributed by atoms with Gasteiger partial charge in [0.15, 0.2) is 6.10 Å². The van der Waals surface area contributed by atoms with Gasteiger partial charge >= 0.3 is 19.8 Å². The van der Waals surface area contributed by atoms with Crippen LogP contribution in [0.5, 0.6) is 0 Å². The molecule has 48 heavy (non-hydrogen) atoms. The summed E-state index contributed by atoms with van der Waals surface area (Å²) in [6, 6.07) is 0. The van der Waals surface area contributed by atoms with E-state index in [0.717, 1.165) is 44.4 Å². The first-order chi connectivity index (χ1) is 23.0. The number of aliphatic hydroxyl groups excluding tert-OH is 1. The maximum Gasteiger partial charge on any atom is 0.469 e. The van der Waals surface area contributed by atoms with Crippen LogP contribution in [0.4, 0.5) is 0 Å². The summed E-state index contributed by atoms with van der Waals surface area (Å²) in [6.07, 6.45) is 34.2. The van der Waals surface area contributed by atoms with Crippen molar-refractivity contribution in [2.75, 3.05) is 13.2 Å². The maximum atomic E-state index is 12.3. The molecule has 0 amide bonds. The molecule has 0 aliphatic rings. The Kier molecular flexibility index (Phi) is 30.4. The van der Waals surface area contributed by atoms with Crippen molar-refractivity contribution in [3.05, 3.63) is 60.8 Å². The van der Waals surface area contributed by atoms with Gasteiger partial charge in [-0.1, -0.05) is 139 Å². The van der Waals surface area contributed by atoms with Gasteiger partial charge in [0, 0.05) is 12.8 Å². The van der Waals surface area contributed by atoms with E-state index in [1.807, 2.05) is 42.5 Å². The Morgan fingerprint density at radius 1 is 0.708 bits per heavy atom. The molecule has 2 atom stereocenters. The predicted octanol–water partition coefficient (Wildman–Crippen LogP) is 9.39. The third kappa shape index (κ3) is 35.0. The van der Waals surface area contributed by atoms with Crippen LogP contribution in [0.1, 0.15) is 136 Å². The summed E-state index contributed by atoms with van der Waals surface area (Å²) in [5.41, 5.74) is 0. The van der Waals surface area contributed by atoms with Crippen molar-refractivity contribution in [2.45, 2.75) is 149 Å². The fraction of sp³-hybridized carbons (Fsp3) is 0.684. The molecule has 3 N–H and O–H groups in total. The number of allylic oxidation sites excluding steroid dienone is 8. The molecule has 0 saturated carbocycles. The summed E-state index contributed by atoms with van der Waals surface area (Å²) in [6.45, 7) is 5.71. The van der Waals surface area contributed by atoms with E-state index in [1.54, 1.807) is 6.08 Å². The van der Waals surface area contributed by atoms with Gasteiger partial charge in [-0.3, -0.25) is 14.1 Å². The Labute approximate surface area is 290 Å². The molecule has 0 radical (unpaired) electrons. The van der Waals surface area contributed by atoms with Crippen LogP contribution >= 0.6 is 7.82 Å². The number of hydrogen-bond donors (Lipinski definition) is 3. The van der Waals surface area contributed by atoms with Gasteiger partial charge in [0.05, 0.1) is 12.7 Å². The first kappa shape index (κ1) is 45.7. The van der Waals surface area contributed by atoms with E-state index in [0.29, 0.717) is 25.7 Å².